The van der Waals surface area contributed by atoms with E-state index in [1.54, 1.807) is 23.9 Å². The summed E-state index contributed by atoms with van der Waals surface area (Å²) in [6.07, 6.45) is 2.78. The minimum atomic E-state index is 0.0646. The zero-order valence-electron chi connectivity index (χ0n) is 8.36. The highest BCUT2D eigenvalue weighted by atomic mass is 35.5. The SMILES string of the molecule is CSCN1CCc2nc(Cl)ccc2C1=O. The summed E-state index contributed by atoms with van der Waals surface area (Å²) in [5.41, 5.74) is 1.52. The maximum absolute atomic E-state index is 11.9. The number of halogens is 1. The van der Waals surface area contributed by atoms with Crippen molar-refractivity contribution in [3.05, 3.63) is 28.5 Å². The molecule has 0 aromatic carbocycles. The second-order valence-electron chi connectivity index (χ2n) is 3.36. The van der Waals surface area contributed by atoms with Gasteiger partial charge < -0.3 is 4.90 Å². The lowest BCUT2D eigenvalue weighted by Crippen LogP contribution is -2.37. The molecule has 3 nitrogen and oxygen atoms in total. The number of aromatic nitrogens is 1. The molecular formula is C10H11ClN2OS. The van der Waals surface area contributed by atoms with E-state index in [2.05, 4.69) is 4.98 Å². The third kappa shape index (κ3) is 2.11. The van der Waals surface area contributed by atoms with Gasteiger partial charge in [0.1, 0.15) is 5.15 Å². The van der Waals surface area contributed by atoms with Crippen molar-refractivity contribution >= 4 is 29.3 Å². The summed E-state index contributed by atoms with van der Waals surface area (Å²) in [7, 11) is 0. The Hall–Kier alpha value is -0.740. The first-order valence-electron chi connectivity index (χ1n) is 4.66. The fourth-order valence-corrected chi connectivity index (χ4v) is 2.37. The lowest BCUT2D eigenvalue weighted by Gasteiger charge is -2.27. The zero-order valence-corrected chi connectivity index (χ0v) is 9.94. The maximum Gasteiger partial charge on any atom is 0.256 e. The number of hydrogen-bond donors (Lipinski definition) is 0. The molecule has 0 saturated carbocycles. The summed E-state index contributed by atoms with van der Waals surface area (Å²) in [4.78, 5) is 18.0. The van der Waals surface area contributed by atoms with Crippen LogP contribution in [0.4, 0.5) is 0 Å². The summed E-state index contributed by atoms with van der Waals surface area (Å²) in [5, 5.41) is 0.458. The predicted molar refractivity (Wildman–Crippen MR) is 62.4 cm³/mol. The number of amides is 1. The number of carbonyl (C=O) groups excluding carboxylic acids is 1. The van der Waals surface area contributed by atoms with Crippen LogP contribution in [-0.4, -0.2) is 34.5 Å². The topological polar surface area (TPSA) is 33.2 Å². The van der Waals surface area contributed by atoms with E-state index in [0.717, 1.165) is 24.5 Å². The molecule has 15 heavy (non-hydrogen) atoms. The first-order valence-corrected chi connectivity index (χ1v) is 6.43. The first kappa shape index (κ1) is 10.8. The van der Waals surface area contributed by atoms with E-state index < -0.39 is 0 Å². The second kappa shape index (κ2) is 4.41. The molecule has 0 saturated heterocycles. The Bertz CT molecular complexity index is 397. The van der Waals surface area contributed by atoms with Gasteiger partial charge in [-0.05, 0) is 18.4 Å². The molecule has 1 aliphatic heterocycles. The first-order chi connectivity index (χ1) is 7.22. The lowest BCUT2D eigenvalue weighted by atomic mass is 10.1. The molecule has 0 bridgehead atoms. The van der Waals surface area contributed by atoms with Crippen LogP contribution in [-0.2, 0) is 6.42 Å². The molecule has 0 aliphatic carbocycles. The predicted octanol–water partition coefficient (Wildman–Crippen LogP) is 2.05. The van der Waals surface area contributed by atoms with Gasteiger partial charge in [-0.25, -0.2) is 4.98 Å². The second-order valence-corrected chi connectivity index (χ2v) is 4.59. The lowest BCUT2D eigenvalue weighted by molar-refractivity contribution is 0.0770. The fourth-order valence-electron chi connectivity index (χ4n) is 1.65. The molecule has 1 amide bonds. The summed E-state index contributed by atoms with van der Waals surface area (Å²) in [6, 6.07) is 3.43. The van der Waals surface area contributed by atoms with Gasteiger partial charge in [0.25, 0.3) is 5.91 Å². The van der Waals surface area contributed by atoms with Crippen LogP contribution in [0.25, 0.3) is 0 Å². The van der Waals surface area contributed by atoms with Gasteiger partial charge in [0.15, 0.2) is 0 Å². The van der Waals surface area contributed by atoms with E-state index in [-0.39, 0.29) is 5.91 Å². The van der Waals surface area contributed by atoms with Crippen molar-refractivity contribution in [2.45, 2.75) is 6.42 Å². The Balaban J connectivity index is 2.30. The Morgan fingerprint density at radius 1 is 1.60 bits per heavy atom. The van der Waals surface area contributed by atoms with Gasteiger partial charge in [-0.3, -0.25) is 4.79 Å². The summed E-state index contributed by atoms with van der Waals surface area (Å²) in [5.74, 6) is 0.802. The van der Waals surface area contributed by atoms with E-state index >= 15 is 0 Å². The van der Waals surface area contributed by atoms with Gasteiger partial charge in [0.05, 0.1) is 17.1 Å². The molecule has 1 aromatic heterocycles. The largest absolute Gasteiger partial charge is 0.329 e. The molecule has 2 heterocycles. The van der Waals surface area contributed by atoms with Gasteiger partial charge in [-0.15, -0.1) is 11.8 Å². The Morgan fingerprint density at radius 2 is 2.40 bits per heavy atom. The molecule has 5 heteroatoms. The summed E-state index contributed by atoms with van der Waals surface area (Å²) >= 11 is 7.43. The van der Waals surface area contributed by atoms with Crippen LogP contribution >= 0.6 is 23.4 Å². The number of fused-ring (bicyclic) bond motifs is 1. The van der Waals surface area contributed by atoms with Gasteiger partial charge in [0.2, 0.25) is 0 Å². The van der Waals surface area contributed by atoms with Crippen LogP contribution < -0.4 is 0 Å². The molecule has 0 unspecified atom stereocenters. The van der Waals surface area contributed by atoms with Gasteiger partial charge in [-0.1, -0.05) is 11.6 Å². The van der Waals surface area contributed by atoms with Crippen molar-refractivity contribution in [2.24, 2.45) is 0 Å². The summed E-state index contributed by atoms with van der Waals surface area (Å²) < 4.78 is 0. The Kier molecular flexibility index (Phi) is 3.17. The van der Waals surface area contributed by atoms with Crippen molar-refractivity contribution in [3.8, 4) is 0 Å². The highest BCUT2D eigenvalue weighted by molar-refractivity contribution is 7.98. The third-order valence-electron chi connectivity index (χ3n) is 2.36. The fraction of sp³-hybridized carbons (Fsp3) is 0.400. The maximum atomic E-state index is 11.9. The van der Waals surface area contributed by atoms with Crippen molar-refractivity contribution in [2.75, 3.05) is 18.7 Å². The Morgan fingerprint density at radius 3 is 3.13 bits per heavy atom. The van der Waals surface area contributed by atoms with Gasteiger partial charge in [0, 0.05) is 13.0 Å². The molecule has 0 spiro atoms. The Labute approximate surface area is 97.8 Å². The number of hydrogen-bond acceptors (Lipinski definition) is 3. The van der Waals surface area contributed by atoms with Crippen LogP contribution in [0.3, 0.4) is 0 Å². The number of thioether (sulfide) groups is 1. The van der Waals surface area contributed by atoms with E-state index in [1.165, 1.54) is 0 Å². The average Bonchev–Trinajstić information content (AvgIpc) is 2.22. The van der Waals surface area contributed by atoms with E-state index in [0.29, 0.717) is 10.7 Å². The number of nitrogens with zero attached hydrogens (tertiary/aromatic N) is 2. The molecule has 80 valence electrons. The van der Waals surface area contributed by atoms with Crippen LogP contribution in [0, 0.1) is 0 Å². The highest BCUT2D eigenvalue weighted by Gasteiger charge is 2.24. The van der Waals surface area contributed by atoms with E-state index in [1.807, 2.05) is 11.2 Å². The molecule has 0 radical (unpaired) electrons. The normalized spacial score (nSPS) is 15.3. The zero-order chi connectivity index (χ0) is 10.8. The van der Waals surface area contributed by atoms with Gasteiger partial charge in [-0.2, -0.15) is 0 Å². The van der Waals surface area contributed by atoms with Crippen molar-refractivity contribution in [1.29, 1.82) is 0 Å². The smallest absolute Gasteiger partial charge is 0.256 e. The van der Waals surface area contributed by atoms with Gasteiger partial charge >= 0.3 is 0 Å². The summed E-state index contributed by atoms with van der Waals surface area (Å²) in [6.45, 7) is 0.736. The molecule has 0 N–H and O–H groups in total. The molecule has 0 fully saturated rings. The molecule has 0 atom stereocenters. The van der Waals surface area contributed by atoms with Crippen LogP contribution in [0.5, 0.6) is 0 Å². The number of rotatable bonds is 2. The molecule has 1 aliphatic rings. The number of pyridine rings is 1. The van der Waals surface area contributed by atoms with Crippen LogP contribution in [0.2, 0.25) is 5.15 Å². The van der Waals surface area contributed by atoms with Crippen molar-refractivity contribution in [1.82, 2.24) is 9.88 Å². The van der Waals surface area contributed by atoms with Crippen LogP contribution in [0.15, 0.2) is 12.1 Å². The van der Waals surface area contributed by atoms with E-state index in [9.17, 15) is 4.79 Å². The standard InChI is InChI=1S/C10H11ClN2OS/c1-15-6-13-5-4-8-7(10(13)14)2-3-9(11)12-8/h2-3H,4-6H2,1H3. The molecular weight excluding hydrogens is 232 g/mol. The van der Waals surface area contributed by atoms with Crippen molar-refractivity contribution in [3.63, 3.8) is 0 Å². The third-order valence-corrected chi connectivity index (χ3v) is 3.14. The van der Waals surface area contributed by atoms with E-state index in [4.69, 9.17) is 11.6 Å². The number of carbonyl (C=O) groups is 1. The monoisotopic (exact) mass is 242 g/mol. The minimum absolute atomic E-state index is 0.0646. The van der Waals surface area contributed by atoms with Crippen molar-refractivity contribution < 1.29 is 4.79 Å². The quantitative estimate of drug-likeness (QED) is 0.745. The highest BCUT2D eigenvalue weighted by Crippen LogP contribution is 2.20. The minimum Gasteiger partial charge on any atom is -0.329 e. The van der Waals surface area contributed by atoms with Crippen LogP contribution in [0.1, 0.15) is 16.1 Å². The molecule has 1 aromatic rings. The molecule has 2 rings (SSSR count). The average molecular weight is 243 g/mol.